The number of pyridine rings is 1. The van der Waals surface area contributed by atoms with Crippen molar-refractivity contribution in [2.24, 2.45) is 0 Å². The lowest BCUT2D eigenvalue weighted by Gasteiger charge is -2.16. The molecule has 2 aromatic carbocycles. The molecule has 4 heteroatoms. The van der Waals surface area contributed by atoms with Crippen LogP contribution in [0.2, 0.25) is 0 Å². The molecule has 1 atom stereocenters. The lowest BCUT2D eigenvalue weighted by Crippen LogP contribution is -2.08. The fourth-order valence-corrected chi connectivity index (χ4v) is 2.34. The molecule has 1 unspecified atom stereocenters. The van der Waals surface area contributed by atoms with Crippen LogP contribution >= 0.6 is 0 Å². The van der Waals surface area contributed by atoms with Gasteiger partial charge in [-0.2, -0.15) is 0 Å². The highest BCUT2D eigenvalue weighted by molar-refractivity contribution is 5.92. The number of hydrogen-bond donors (Lipinski definition) is 2. The maximum atomic E-state index is 13.3. The van der Waals surface area contributed by atoms with Crippen LogP contribution in [-0.2, 0) is 0 Å². The molecule has 0 saturated heterocycles. The Labute approximate surface area is 122 Å². The summed E-state index contributed by atoms with van der Waals surface area (Å²) in [5, 5.41) is 14.7. The molecule has 0 radical (unpaired) electrons. The van der Waals surface area contributed by atoms with Crippen molar-refractivity contribution < 1.29 is 9.50 Å². The first-order chi connectivity index (χ1) is 10.1. The average molecular weight is 282 g/mol. The summed E-state index contributed by atoms with van der Waals surface area (Å²) in [4.78, 5) is 4.32. The van der Waals surface area contributed by atoms with E-state index in [1.165, 1.54) is 12.1 Å². The summed E-state index contributed by atoms with van der Waals surface area (Å²) in [5.41, 5.74) is 0.842. The molecule has 3 nitrogen and oxygen atoms in total. The minimum absolute atomic E-state index is 0.0962. The van der Waals surface area contributed by atoms with E-state index in [1.54, 1.807) is 24.4 Å². The average Bonchev–Trinajstić information content (AvgIpc) is 2.48. The molecule has 1 heterocycles. The molecule has 0 fully saturated rings. The molecule has 21 heavy (non-hydrogen) atoms. The van der Waals surface area contributed by atoms with E-state index in [0.717, 1.165) is 16.3 Å². The number of benzene rings is 2. The molecule has 2 N–H and O–H groups in total. The van der Waals surface area contributed by atoms with Crippen molar-refractivity contribution in [2.45, 2.75) is 13.0 Å². The van der Waals surface area contributed by atoms with E-state index in [4.69, 9.17) is 0 Å². The van der Waals surface area contributed by atoms with E-state index >= 15 is 0 Å². The van der Waals surface area contributed by atoms with Crippen LogP contribution in [0.1, 0.15) is 18.5 Å². The summed E-state index contributed by atoms with van der Waals surface area (Å²) in [7, 11) is 0. The number of fused-ring (bicyclic) bond motifs is 1. The van der Waals surface area contributed by atoms with Gasteiger partial charge in [0.1, 0.15) is 17.4 Å². The highest BCUT2D eigenvalue weighted by atomic mass is 19.1. The Hall–Kier alpha value is -2.62. The van der Waals surface area contributed by atoms with Gasteiger partial charge in [0.25, 0.3) is 0 Å². The molecule has 106 valence electrons. The van der Waals surface area contributed by atoms with Crippen LogP contribution in [-0.4, -0.2) is 10.1 Å². The third kappa shape index (κ3) is 2.79. The van der Waals surface area contributed by atoms with Gasteiger partial charge in [-0.15, -0.1) is 0 Å². The zero-order valence-electron chi connectivity index (χ0n) is 11.5. The number of nitrogens with one attached hydrogen (secondary N) is 1. The molecule has 3 aromatic rings. The minimum Gasteiger partial charge on any atom is -0.508 e. The Kier molecular flexibility index (Phi) is 3.44. The molecular weight excluding hydrogens is 267 g/mol. The van der Waals surface area contributed by atoms with Crippen LogP contribution < -0.4 is 5.32 Å². The summed E-state index contributed by atoms with van der Waals surface area (Å²) < 4.78 is 13.3. The number of phenols is 1. The van der Waals surface area contributed by atoms with Crippen molar-refractivity contribution in [1.82, 2.24) is 4.98 Å². The van der Waals surface area contributed by atoms with Gasteiger partial charge in [0.05, 0.1) is 6.04 Å². The highest BCUT2D eigenvalue weighted by Gasteiger charge is 2.09. The highest BCUT2D eigenvalue weighted by Crippen LogP contribution is 2.28. The summed E-state index contributed by atoms with van der Waals surface area (Å²) in [6, 6.07) is 13.4. The molecule has 1 aromatic heterocycles. The van der Waals surface area contributed by atoms with Crippen molar-refractivity contribution in [2.75, 3.05) is 5.32 Å². The number of hydrogen-bond acceptors (Lipinski definition) is 3. The first-order valence-corrected chi connectivity index (χ1v) is 6.73. The van der Waals surface area contributed by atoms with E-state index < -0.39 is 0 Å². The smallest absolute Gasteiger partial charge is 0.134 e. The zero-order valence-corrected chi connectivity index (χ0v) is 11.5. The molecule has 0 saturated carbocycles. The van der Waals surface area contributed by atoms with Crippen molar-refractivity contribution in [1.29, 1.82) is 0 Å². The lowest BCUT2D eigenvalue weighted by molar-refractivity contribution is 0.476. The van der Waals surface area contributed by atoms with Gasteiger partial charge in [0, 0.05) is 11.6 Å². The second-order valence-corrected chi connectivity index (χ2v) is 4.99. The van der Waals surface area contributed by atoms with Crippen LogP contribution in [0.25, 0.3) is 10.8 Å². The predicted octanol–water partition coefficient (Wildman–Crippen LogP) is 4.25. The molecule has 3 rings (SSSR count). The van der Waals surface area contributed by atoms with Gasteiger partial charge < -0.3 is 10.4 Å². The van der Waals surface area contributed by atoms with Crippen LogP contribution in [0, 0.1) is 5.82 Å². The number of halogens is 1. The summed E-state index contributed by atoms with van der Waals surface area (Å²) in [5.74, 6) is 0.599. The lowest BCUT2D eigenvalue weighted by atomic mass is 10.1. The first kappa shape index (κ1) is 13.4. The molecule has 0 spiro atoms. The molecular formula is C17H15FN2O. The maximum absolute atomic E-state index is 13.3. The molecule has 0 aliphatic carbocycles. The third-order valence-corrected chi connectivity index (χ3v) is 3.45. The summed E-state index contributed by atoms with van der Waals surface area (Å²) in [6.45, 7) is 1.94. The minimum atomic E-state index is -0.260. The Morgan fingerprint density at radius 1 is 1.14 bits per heavy atom. The van der Waals surface area contributed by atoms with E-state index in [-0.39, 0.29) is 17.6 Å². The maximum Gasteiger partial charge on any atom is 0.134 e. The SMILES string of the molecule is CC(Nc1nccc2ccc(O)cc12)c1cccc(F)c1. The second-order valence-electron chi connectivity index (χ2n) is 4.99. The number of phenolic OH excluding ortho intramolecular Hbond substituents is 1. The topological polar surface area (TPSA) is 45.2 Å². The standard InChI is InChI=1S/C17H15FN2O/c1-11(13-3-2-4-14(18)9-13)20-17-16-10-15(21)6-5-12(16)7-8-19-17/h2-11,21H,1H3,(H,19,20). The van der Waals surface area contributed by atoms with Gasteiger partial charge in [-0.3, -0.25) is 0 Å². The third-order valence-electron chi connectivity index (χ3n) is 3.45. The number of nitrogens with zero attached hydrogens (tertiary/aromatic N) is 1. The van der Waals surface area contributed by atoms with Gasteiger partial charge in [0.15, 0.2) is 0 Å². The fourth-order valence-electron chi connectivity index (χ4n) is 2.34. The second kappa shape index (κ2) is 5.40. The number of rotatable bonds is 3. The van der Waals surface area contributed by atoms with E-state index in [1.807, 2.05) is 25.1 Å². The van der Waals surface area contributed by atoms with Gasteiger partial charge in [0.2, 0.25) is 0 Å². The quantitative estimate of drug-likeness (QED) is 0.754. The Bertz CT molecular complexity index is 789. The zero-order chi connectivity index (χ0) is 14.8. The van der Waals surface area contributed by atoms with Crippen LogP contribution in [0.3, 0.4) is 0 Å². The fraction of sp³-hybridized carbons (Fsp3) is 0.118. The number of aromatic nitrogens is 1. The number of anilines is 1. The molecule has 0 amide bonds. The molecule has 0 bridgehead atoms. The summed E-state index contributed by atoms with van der Waals surface area (Å²) in [6.07, 6.45) is 1.71. The number of aromatic hydroxyl groups is 1. The van der Waals surface area contributed by atoms with E-state index in [2.05, 4.69) is 10.3 Å². The van der Waals surface area contributed by atoms with Crippen molar-refractivity contribution in [3.8, 4) is 5.75 Å². The molecule has 0 aliphatic heterocycles. The largest absolute Gasteiger partial charge is 0.508 e. The Morgan fingerprint density at radius 2 is 2.00 bits per heavy atom. The summed E-state index contributed by atoms with van der Waals surface area (Å²) >= 11 is 0. The van der Waals surface area contributed by atoms with Crippen LogP contribution in [0.15, 0.2) is 54.7 Å². The van der Waals surface area contributed by atoms with Crippen molar-refractivity contribution in [3.63, 3.8) is 0 Å². The van der Waals surface area contributed by atoms with Crippen molar-refractivity contribution >= 4 is 16.6 Å². The first-order valence-electron chi connectivity index (χ1n) is 6.73. The predicted molar refractivity (Wildman–Crippen MR) is 81.8 cm³/mol. The van der Waals surface area contributed by atoms with Crippen LogP contribution in [0.5, 0.6) is 5.75 Å². The molecule has 0 aliphatic rings. The monoisotopic (exact) mass is 282 g/mol. The Morgan fingerprint density at radius 3 is 2.81 bits per heavy atom. The normalized spacial score (nSPS) is 12.3. The van der Waals surface area contributed by atoms with E-state index in [9.17, 15) is 9.50 Å². The van der Waals surface area contributed by atoms with Gasteiger partial charge in [-0.05, 0) is 48.2 Å². The van der Waals surface area contributed by atoms with Gasteiger partial charge in [-0.1, -0.05) is 18.2 Å². The van der Waals surface area contributed by atoms with Crippen LogP contribution in [0.4, 0.5) is 10.2 Å². The van der Waals surface area contributed by atoms with Gasteiger partial charge in [-0.25, -0.2) is 9.37 Å². The Balaban J connectivity index is 1.96. The van der Waals surface area contributed by atoms with E-state index in [0.29, 0.717) is 5.82 Å². The van der Waals surface area contributed by atoms with Gasteiger partial charge >= 0.3 is 0 Å². The van der Waals surface area contributed by atoms with Crippen molar-refractivity contribution in [3.05, 3.63) is 66.1 Å².